The molecule has 0 aliphatic rings. The Kier molecular flexibility index (Phi) is 5.38. The molecular weight excluding hydrogens is 361 g/mol. The first-order valence-corrected chi connectivity index (χ1v) is 9.39. The van der Waals surface area contributed by atoms with Gasteiger partial charge in [0.25, 0.3) is 0 Å². The van der Waals surface area contributed by atoms with Crippen LogP contribution in [-0.4, -0.2) is 20.4 Å². The zero-order valence-electron chi connectivity index (χ0n) is 13.0. The van der Waals surface area contributed by atoms with E-state index in [0.29, 0.717) is 11.3 Å². The molecule has 132 valence electrons. The Bertz CT molecular complexity index is 799. The van der Waals surface area contributed by atoms with Crippen molar-refractivity contribution in [1.82, 2.24) is 4.90 Å². The van der Waals surface area contributed by atoms with Gasteiger partial charge in [-0.3, -0.25) is 4.90 Å². The summed E-state index contributed by atoms with van der Waals surface area (Å²) in [7, 11) is -2.05. The van der Waals surface area contributed by atoms with E-state index in [9.17, 15) is 21.6 Å². The molecule has 0 saturated carbocycles. The van der Waals surface area contributed by atoms with Crippen molar-refractivity contribution in [2.24, 2.45) is 5.14 Å². The zero-order valence-corrected chi connectivity index (χ0v) is 14.7. The summed E-state index contributed by atoms with van der Waals surface area (Å²) in [6, 6.07) is 7.28. The molecule has 2 N–H and O–H groups in total. The van der Waals surface area contributed by atoms with Crippen LogP contribution in [0.2, 0.25) is 0 Å². The van der Waals surface area contributed by atoms with E-state index >= 15 is 0 Å². The number of hydrogen-bond donors (Lipinski definition) is 1. The number of primary sulfonamides is 1. The Labute approximate surface area is 142 Å². The van der Waals surface area contributed by atoms with Crippen molar-refractivity contribution in [3.8, 4) is 0 Å². The maximum absolute atomic E-state index is 12.9. The third kappa shape index (κ3) is 4.35. The van der Waals surface area contributed by atoms with Crippen LogP contribution in [-0.2, 0) is 22.7 Å². The molecule has 9 heteroatoms. The molecule has 2 rings (SSSR count). The number of halogens is 3. The van der Waals surface area contributed by atoms with E-state index in [0.717, 1.165) is 5.56 Å². The lowest BCUT2D eigenvalue weighted by Crippen LogP contribution is -2.23. The Morgan fingerprint density at radius 2 is 1.79 bits per heavy atom. The summed E-state index contributed by atoms with van der Waals surface area (Å²) in [5.74, 6) is 0. The minimum Gasteiger partial charge on any atom is -0.295 e. The second-order valence-electron chi connectivity index (χ2n) is 5.48. The number of nitrogens with two attached hydrogens (primary N) is 1. The van der Waals surface area contributed by atoms with Crippen LogP contribution < -0.4 is 5.14 Å². The Morgan fingerprint density at radius 3 is 2.29 bits per heavy atom. The molecule has 0 amide bonds. The predicted octanol–water partition coefficient (Wildman–Crippen LogP) is 3.61. The number of benzene rings is 1. The van der Waals surface area contributed by atoms with Crippen molar-refractivity contribution in [2.45, 2.75) is 30.6 Å². The lowest BCUT2D eigenvalue weighted by molar-refractivity contribution is -0.135. The van der Waals surface area contributed by atoms with Gasteiger partial charge in [-0.25, -0.2) is 13.6 Å². The van der Waals surface area contributed by atoms with Crippen LogP contribution in [0.1, 0.15) is 29.0 Å². The van der Waals surface area contributed by atoms with Gasteiger partial charge in [0.1, 0.15) is 4.88 Å². The minimum atomic E-state index is -4.36. The summed E-state index contributed by atoms with van der Waals surface area (Å²) in [6.07, 6.45) is -4.36. The molecular formula is C15H17F3N2O2S2. The van der Waals surface area contributed by atoms with Gasteiger partial charge >= 0.3 is 6.18 Å². The third-order valence-electron chi connectivity index (χ3n) is 3.78. The number of nitrogens with zero attached hydrogens (tertiary/aromatic N) is 1. The van der Waals surface area contributed by atoms with E-state index in [-0.39, 0.29) is 23.0 Å². The lowest BCUT2D eigenvalue weighted by Gasteiger charge is -2.25. The summed E-state index contributed by atoms with van der Waals surface area (Å²) in [6.45, 7) is 1.97. The molecule has 1 aromatic carbocycles. The number of hydrogen-bond acceptors (Lipinski definition) is 4. The van der Waals surface area contributed by atoms with Gasteiger partial charge in [0.15, 0.2) is 0 Å². The smallest absolute Gasteiger partial charge is 0.295 e. The first-order valence-electron chi connectivity index (χ1n) is 6.96. The molecule has 0 aliphatic heterocycles. The molecule has 0 radical (unpaired) electrons. The van der Waals surface area contributed by atoms with E-state index in [4.69, 9.17) is 5.14 Å². The average Bonchev–Trinajstić information content (AvgIpc) is 2.94. The van der Waals surface area contributed by atoms with Crippen LogP contribution in [0.4, 0.5) is 13.2 Å². The molecule has 24 heavy (non-hydrogen) atoms. The van der Waals surface area contributed by atoms with Crippen molar-refractivity contribution in [1.29, 1.82) is 0 Å². The molecule has 0 saturated heterocycles. The highest BCUT2D eigenvalue weighted by atomic mass is 32.2. The molecule has 2 aromatic rings. The van der Waals surface area contributed by atoms with Gasteiger partial charge in [-0.2, -0.15) is 13.2 Å². The summed E-state index contributed by atoms with van der Waals surface area (Å²) in [5.41, 5.74) is 1.01. The van der Waals surface area contributed by atoms with Gasteiger partial charge in [-0.05, 0) is 48.7 Å². The summed E-state index contributed by atoms with van der Waals surface area (Å²) in [5, 5.41) is 6.48. The molecule has 4 nitrogen and oxygen atoms in total. The van der Waals surface area contributed by atoms with E-state index in [1.54, 1.807) is 24.1 Å². The lowest BCUT2D eigenvalue weighted by atomic mass is 10.1. The van der Waals surface area contributed by atoms with E-state index in [1.807, 2.05) is 6.92 Å². The van der Waals surface area contributed by atoms with Gasteiger partial charge in [-0.15, -0.1) is 11.3 Å². The monoisotopic (exact) mass is 378 g/mol. The van der Waals surface area contributed by atoms with Crippen LogP contribution in [0.15, 0.2) is 40.6 Å². The Hall–Kier alpha value is -1.42. The van der Waals surface area contributed by atoms with E-state index in [1.165, 1.54) is 23.6 Å². The number of rotatable bonds is 5. The van der Waals surface area contributed by atoms with E-state index < -0.39 is 21.1 Å². The van der Waals surface area contributed by atoms with Crippen molar-refractivity contribution in [3.05, 3.63) is 51.7 Å². The zero-order chi connectivity index (χ0) is 18.1. The van der Waals surface area contributed by atoms with E-state index in [2.05, 4.69) is 0 Å². The molecule has 1 aromatic heterocycles. The SMILES string of the molecule is CC(c1ccc(S(N)(=O)=O)cc1)N(C)Cc1ccsc1C(F)(F)F. The first kappa shape index (κ1) is 18.9. The van der Waals surface area contributed by atoms with Crippen molar-refractivity contribution < 1.29 is 21.6 Å². The second kappa shape index (κ2) is 6.83. The standard InChI is InChI=1S/C15H17F3N2O2S2/c1-10(11-3-5-13(6-4-11)24(19,21)22)20(2)9-12-7-8-23-14(12)15(16,17)18/h3-8,10H,9H2,1-2H3,(H2,19,21,22). The highest BCUT2D eigenvalue weighted by Crippen LogP contribution is 2.37. The van der Waals surface area contributed by atoms with Crippen molar-refractivity contribution in [2.75, 3.05) is 7.05 Å². The number of thiophene rings is 1. The molecule has 0 spiro atoms. The van der Waals surface area contributed by atoms with Crippen LogP contribution in [0.3, 0.4) is 0 Å². The fourth-order valence-corrected chi connectivity index (χ4v) is 3.61. The van der Waals surface area contributed by atoms with Crippen LogP contribution in [0.5, 0.6) is 0 Å². The molecule has 0 aliphatic carbocycles. The van der Waals surface area contributed by atoms with Gasteiger partial charge in [0, 0.05) is 12.6 Å². The fourth-order valence-electron chi connectivity index (χ4n) is 2.31. The third-order valence-corrected chi connectivity index (χ3v) is 5.71. The summed E-state index contributed by atoms with van der Waals surface area (Å²) >= 11 is 0.678. The van der Waals surface area contributed by atoms with Crippen molar-refractivity contribution >= 4 is 21.4 Å². The highest BCUT2D eigenvalue weighted by Gasteiger charge is 2.35. The molecule has 0 bridgehead atoms. The topological polar surface area (TPSA) is 63.4 Å². The van der Waals surface area contributed by atoms with Gasteiger partial charge < -0.3 is 0 Å². The van der Waals surface area contributed by atoms with Crippen LogP contribution in [0.25, 0.3) is 0 Å². The quantitative estimate of drug-likeness (QED) is 0.865. The fraction of sp³-hybridized carbons (Fsp3) is 0.333. The Morgan fingerprint density at radius 1 is 1.21 bits per heavy atom. The maximum atomic E-state index is 12.9. The predicted molar refractivity (Wildman–Crippen MR) is 87.0 cm³/mol. The highest BCUT2D eigenvalue weighted by molar-refractivity contribution is 7.89. The van der Waals surface area contributed by atoms with Crippen molar-refractivity contribution in [3.63, 3.8) is 0 Å². The number of sulfonamides is 1. The average molecular weight is 378 g/mol. The largest absolute Gasteiger partial charge is 0.425 e. The van der Waals surface area contributed by atoms with Gasteiger partial charge in [0.05, 0.1) is 4.90 Å². The summed E-state index contributed by atoms with van der Waals surface area (Å²) < 4.78 is 61.3. The molecule has 0 fully saturated rings. The normalized spacial score (nSPS) is 14.1. The second-order valence-corrected chi connectivity index (χ2v) is 7.96. The molecule has 1 unspecified atom stereocenters. The maximum Gasteiger partial charge on any atom is 0.425 e. The Balaban J connectivity index is 2.16. The van der Waals surface area contributed by atoms with Gasteiger partial charge in [-0.1, -0.05) is 12.1 Å². The molecule has 1 heterocycles. The van der Waals surface area contributed by atoms with Crippen LogP contribution >= 0.6 is 11.3 Å². The summed E-state index contributed by atoms with van der Waals surface area (Å²) in [4.78, 5) is 1.17. The van der Waals surface area contributed by atoms with Gasteiger partial charge in [0.2, 0.25) is 10.0 Å². The first-order chi connectivity index (χ1) is 11.0. The number of alkyl halides is 3. The minimum absolute atomic E-state index is 0.00158. The molecule has 1 atom stereocenters. The van der Waals surface area contributed by atoms with Crippen LogP contribution in [0, 0.1) is 0 Å².